The van der Waals surface area contributed by atoms with Gasteiger partial charge in [-0.25, -0.2) is 14.4 Å². The molecule has 8 heteroatoms. The van der Waals surface area contributed by atoms with Crippen molar-refractivity contribution in [1.29, 1.82) is 0 Å². The predicted molar refractivity (Wildman–Crippen MR) is 154 cm³/mol. The number of rotatable bonds is 9. The highest BCUT2D eigenvalue weighted by atomic mass is 16.4. The quantitative estimate of drug-likeness (QED) is 0.405. The fourth-order valence-corrected chi connectivity index (χ4v) is 5.62. The van der Waals surface area contributed by atoms with Gasteiger partial charge in [-0.2, -0.15) is 0 Å². The Balaban J connectivity index is 1.57. The van der Waals surface area contributed by atoms with Crippen molar-refractivity contribution in [2.75, 3.05) is 37.6 Å². The Hall–Kier alpha value is -3.55. The number of hydrogen-bond donors (Lipinski definition) is 1. The molecule has 0 spiro atoms. The third kappa shape index (κ3) is 6.54. The fraction of sp³-hybridized carbons (Fsp3) is 0.516. The molecule has 0 bridgehead atoms. The largest absolute Gasteiger partial charge is 0.480 e. The summed E-state index contributed by atoms with van der Waals surface area (Å²) in [6.07, 6.45) is 7.71. The molecule has 4 amide bonds. The van der Waals surface area contributed by atoms with E-state index in [1.807, 2.05) is 53.4 Å². The number of carboxylic acid groups (broad SMARTS) is 1. The monoisotopic (exact) mass is 534 g/mol. The first-order valence-corrected chi connectivity index (χ1v) is 14.5. The van der Waals surface area contributed by atoms with Gasteiger partial charge in [-0.05, 0) is 48.9 Å². The van der Waals surface area contributed by atoms with Gasteiger partial charge in [0, 0.05) is 26.2 Å². The zero-order chi connectivity index (χ0) is 27.8. The maximum absolute atomic E-state index is 14.2. The first-order chi connectivity index (χ1) is 19.0. The molecule has 0 saturated carbocycles. The summed E-state index contributed by atoms with van der Waals surface area (Å²) in [5.74, 6) is -1.10. The number of carbonyl (C=O) groups excluding carboxylic acids is 2. The molecule has 2 aliphatic rings. The van der Waals surface area contributed by atoms with Gasteiger partial charge in [-0.1, -0.05) is 75.9 Å². The van der Waals surface area contributed by atoms with Gasteiger partial charge in [-0.3, -0.25) is 4.90 Å². The molecule has 1 N–H and O–H groups in total. The summed E-state index contributed by atoms with van der Waals surface area (Å²) < 4.78 is 0. The van der Waals surface area contributed by atoms with Gasteiger partial charge in [0.05, 0.1) is 17.9 Å². The number of amides is 4. The topological polar surface area (TPSA) is 84.4 Å². The van der Waals surface area contributed by atoms with Crippen LogP contribution >= 0.6 is 0 Å². The minimum Gasteiger partial charge on any atom is -0.480 e. The minimum atomic E-state index is -1.12. The van der Waals surface area contributed by atoms with Crippen LogP contribution in [0.1, 0.15) is 63.5 Å². The number of anilines is 2. The molecule has 2 aromatic carbocycles. The lowest BCUT2D eigenvalue weighted by Gasteiger charge is -2.43. The second kappa shape index (κ2) is 13.5. The number of aryl methyl sites for hydroxylation is 2. The van der Waals surface area contributed by atoms with E-state index in [1.54, 1.807) is 9.80 Å². The summed E-state index contributed by atoms with van der Waals surface area (Å²) >= 11 is 0. The normalized spacial score (nSPS) is 16.8. The van der Waals surface area contributed by atoms with Gasteiger partial charge in [-0.15, -0.1) is 0 Å². The van der Waals surface area contributed by atoms with Crippen LogP contribution in [0.2, 0.25) is 0 Å². The number of urea groups is 2. The Morgan fingerprint density at radius 1 is 0.821 bits per heavy atom. The van der Waals surface area contributed by atoms with Gasteiger partial charge >= 0.3 is 18.0 Å². The maximum atomic E-state index is 14.2. The summed E-state index contributed by atoms with van der Waals surface area (Å²) in [6.45, 7) is 6.08. The number of aliphatic carboxylic acids is 1. The van der Waals surface area contributed by atoms with Gasteiger partial charge in [0.25, 0.3) is 0 Å². The molecule has 2 aliphatic heterocycles. The van der Waals surface area contributed by atoms with E-state index in [4.69, 9.17) is 0 Å². The molecule has 0 aromatic heterocycles. The molecule has 8 nitrogen and oxygen atoms in total. The molecule has 0 unspecified atom stereocenters. The van der Waals surface area contributed by atoms with Crippen LogP contribution in [0.4, 0.5) is 21.0 Å². The zero-order valence-corrected chi connectivity index (χ0v) is 23.3. The van der Waals surface area contributed by atoms with E-state index in [1.165, 1.54) is 4.90 Å². The lowest BCUT2D eigenvalue weighted by atomic mass is 10.0. The van der Waals surface area contributed by atoms with Crippen molar-refractivity contribution >= 4 is 29.4 Å². The second-order valence-corrected chi connectivity index (χ2v) is 10.6. The average Bonchev–Trinajstić information content (AvgIpc) is 3.12. The molecule has 0 aliphatic carbocycles. The summed E-state index contributed by atoms with van der Waals surface area (Å²) in [5.41, 5.74) is 3.68. The van der Waals surface area contributed by atoms with Crippen molar-refractivity contribution in [2.24, 2.45) is 0 Å². The highest BCUT2D eigenvalue weighted by Crippen LogP contribution is 2.37. The van der Waals surface area contributed by atoms with Crippen LogP contribution in [0.15, 0.2) is 48.5 Å². The number of piperazine rings is 1. The van der Waals surface area contributed by atoms with Crippen molar-refractivity contribution in [1.82, 2.24) is 14.7 Å². The standard InChI is InChI=1S/C31H42N4O4/c1-3-5-11-19-32(20-12-6-4-2)30(38)33-21-22-34(28(23-33)29(36)37)31(39)35-26-15-9-7-13-24(26)17-18-25-14-8-10-16-27(25)35/h7-10,13-16,28H,3-6,11-12,17-23H2,1-2H3,(H,36,37)/t28-/m0/s1. The molecular weight excluding hydrogens is 492 g/mol. The highest BCUT2D eigenvalue weighted by molar-refractivity contribution is 6.03. The van der Waals surface area contributed by atoms with Gasteiger partial charge in [0.15, 0.2) is 0 Å². The number of nitrogens with zero attached hydrogens (tertiary/aromatic N) is 4. The maximum Gasteiger partial charge on any atom is 0.329 e. The Kier molecular flexibility index (Phi) is 9.85. The molecule has 2 heterocycles. The number of unbranched alkanes of at least 4 members (excludes halogenated alkanes) is 4. The van der Waals surface area contributed by atoms with Crippen LogP contribution in [0.5, 0.6) is 0 Å². The first kappa shape index (κ1) is 28.5. The van der Waals surface area contributed by atoms with Crippen molar-refractivity contribution in [3.05, 3.63) is 59.7 Å². The van der Waals surface area contributed by atoms with Gasteiger partial charge in [0.2, 0.25) is 0 Å². The highest BCUT2D eigenvalue weighted by Gasteiger charge is 2.41. The van der Waals surface area contributed by atoms with Crippen LogP contribution in [0.25, 0.3) is 0 Å². The van der Waals surface area contributed by atoms with E-state index < -0.39 is 12.0 Å². The van der Waals surface area contributed by atoms with Crippen molar-refractivity contribution in [3.8, 4) is 0 Å². The number of carbonyl (C=O) groups is 3. The molecule has 0 radical (unpaired) electrons. The van der Waals surface area contributed by atoms with Crippen molar-refractivity contribution in [2.45, 2.75) is 71.3 Å². The Morgan fingerprint density at radius 3 is 1.87 bits per heavy atom. The van der Waals surface area contributed by atoms with Crippen LogP contribution in [-0.2, 0) is 17.6 Å². The number of benzene rings is 2. The molecule has 1 fully saturated rings. The van der Waals surface area contributed by atoms with E-state index >= 15 is 0 Å². The Morgan fingerprint density at radius 2 is 1.36 bits per heavy atom. The van der Waals surface area contributed by atoms with E-state index in [0.717, 1.165) is 73.9 Å². The Bertz CT molecular complexity index is 1100. The molecule has 210 valence electrons. The predicted octanol–water partition coefficient (Wildman–Crippen LogP) is 5.92. The number of fused-ring (bicyclic) bond motifs is 2. The second-order valence-electron chi connectivity index (χ2n) is 10.6. The number of para-hydroxylation sites is 2. The van der Waals surface area contributed by atoms with Crippen LogP contribution in [0, 0.1) is 0 Å². The van der Waals surface area contributed by atoms with Crippen LogP contribution in [-0.4, -0.2) is 76.6 Å². The van der Waals surface area contributed by atoms with E-state index in [2.05, 4.69) is 13.8 Å². The lowest BCUT2D eigenvalue weighted by molar-refractivity contribution is -0.143. The summed E-state index contributed by atoms with van der Waals surface area (Å²) in [6, 6.07) is 14.1. The summed E-state index contributed by atoms with van der Waals surface area (Å²) in [7, 11) is 0. The minimum absolute atomic E-state index is 0.0188. The van der Waals surface area contributed by atoms with Crippen molar-refractivity contribution < 1.29 is 19.5 Å². The zero-order valence-electron chi connectivity index (χ0n) is 23.3. The fourth-order valence-electron chi connectivity index (χ4n) is 5.62. The molecule has 1 saturated heterocycles. The van der Waals surface area contributed by atoms with E-state index in [-0.39, 0.29) is 25.2 Å². The lowest BCUT2D eigenvalue weighted by Crippen LogP contribution is -2.62. The Labute approximate surface area is 232 Å². The van der Waals surface area contributed by atoms with Gasteiger partial charge in [0.1, 0.15) is 6.04 Å². The molecule has 1 atom stereocenters. The molecule has 2 aromatic rings. The molecular formula is C31H42N4O4. The number of hydrogen-bond acceptors (Lipinski definition) is 3. The van der Waals surface area contributed by atoms with Crippen molar-refractivity contribution in [3.63, 3.8) is 0 Å². The first-order valence-electron chi connectivity index (χ1n) is 14.5. The number of carboxylic acids is 1. The van der Waals surface area contributed by atoms with Crippen LogP contribution in [0.3, 0.4) is 0 Å². The van der Waals surface area contributed by atoms with E-state index in [0.29, 0.717) is 19.6 Å². The average molecular weight is 535 g/mol. The molecule has 39 heavy (non-hydrogen) atoms. The summed E-state index contributed by atoms with van der Waals surface area (Å²) in [5, 5.41) is 10.2. The third-order valence-corrected chi connectivity index (χ3v) is 7.84. The smallest absolute Gasteiger partial charge is 0.329 e. The molecule has 4 rings (SSSR count). The van der Waals surface area contributed by atoms with Gasteiger partial charge < -0.3 is 19.8 Å². The SMILES string of the molecule is CCCCCN(CCCCC)C(=O)N1CCN(C(=O)N2c3ccccc3CCc3ccccc32)[C@H](C(=O)O)C1. The van der Waals surface area contributed by atoms with Crippen LogP contribution < -0.4 is 4.90 Å². The summed E-state index contributed by atoms with van der Waals surface area (Å²) in [4.78, 5) is 46.9. The third-order valence-electron chi connectivity index (χ3n) is 7.84. The van der Waals surface area contributed by atoms with E-state index in [9.17, 15) is 19.5 Å².